The van der Waals surface area contributed by atoms with E-state index in [1.165, 1.54) is 23.1 Å². The zero-order valence-corrected chi connectivity index (χ0v) is 17.2. The minimum absolute atomic E-state index is 0.178. The second-order valence-corrected chi connectivity index (χ2v) is 7.86. The number of anilines is 1. The van der Waals surface area contributed by atoms with E-state index in [-0.39, 0.29) is 17.8 Å². The van der Waals surface area contributed by atoms with Crippen LogP contribution in [0.3, 0.4) is 0 Å². The van der Waals surface area contributed by atoms with Gasteiger partial charge in [-0.3, -0.25) is 10.1 Å². The summed E-state index contributed by atoms with van der Waals surface area (Å²) in [5.74, 6) is 1.41. The number of ether oxygens (including phenoxy) is 1. The van der Waals surface area contributed by atoms with E-state index < -0.39 is 0 Å². The summed E-state index contributed by atoms with van der Waals surface area (Å²) in [4.78, 5) is 12.0. The minimum Gasteiger partial charge on any atom is -0.482 e. The van der Waals surface area contributed by atoms with Gasteiger partial charge < -0.3 is 9.30 Å². The van der Waals surface area contributed by atoms with Gasteiger partial charge in [-0.2, -0.15) is 0 Å². The van der Waals surface area contributed by atoms with Crippen LogP contribution >= 0.6 is 34.7 Å². The van der Waals surface area contributed by atoms with Gasteiger partial charge in [-0.25, -0.2) is 0 Å². The monoisotopic (exact) mass is 424 g/mol. The zero-order valence-electron chi connectivity index (χ0n) is 14.8. The number of aryl methyl sites for hydroxylation is 1. The van der Waals surface area contributed by atoms with Crippen molar-refractivity contribution in [3.8, 4) is 5.75 Å². The van der Waals surface area contributed by atoms with Gasteiger partial charge in [-0.05, 0) is 37.6 Å². The Labute approximate surface area is 169 Å². The third-order valence-corrected chi connectivity index (χ3v) is 5.47. The molecule has 27 heavy (non-hydrogen) atoms. The van der Waals surface area contributed by atoms with Gasteiger partial charge in [0.25, 0.3) is 0 Å². The van der Waals surface area contributed by atoms with Crippen LogP contribution in [-0.4, -0.2) is 36.6 Å². The number of thioether (sulfide) groups is 1. The first-order valence-electron chi connectivity index (χ1n) is 7.95. The van der Waals surface area contributed by atoms with Gasteiger partial charge in [0.15, 0.2) is 17.1 Å². The van der Waals surface area contributed by atoms with Crippen molar-refractivity contribution >= 4 is 45.7 Å². The van der Waals surface area contributed by atoms with Gasteiger partial charge >= 0.3 is 0 Å². The maximum atomic E-state index is 12.0. The molecule has 0 bridgehead atoms. The summed E-state index contributed by atoms with van der Waals surface area (Å²) in [6.07, 6.45) is -0.313. The van der Waals surface area contributed by atoms with Crippen LogP contribution in [0.4, 0.5) is 5.13 Å². The SMILES string of the molecule is Cc1cc(Cl)ccc1OC(C)c1nnc(SCC(=O)Nc2nncs2)n1C. The molecule has 2 aromatic heterocycles. The second kappa shape index (κ2) is 8.68. The summed E-state index contributed by atoms with van der Waals surface area (Å²) in [5.41, 5.74) is 2.50. The van der Waals surface area contributed by atoms with Gasteiger partial charge in [-0.15, -0.1) is 20.4 Å². The lowest BCUT2D eigenvalue weighted by Crippen LogP contribution is -2.14. The Morgan fingerprint density at radius 1 is 1.41 bits per heavy atom. The van der Waals surface area contributed by atoms with Gasteiger partial charge in [0.2, 0.25) is 11.0 Å². The number of nitrogens with one attached hydrogen (secondary N) is 1. The van der Waals surface area contributed by atoms with Gasteiger partial charge in [-0.1, -0.05) is 34.7 Å². The number of carbonyl (C=O) groups excluding carboxylic acids is 1. The van der Waals surface area contributed by atoms with E-state index in [1.54, 1.807) is 11.6 Å². The fraction of sp³-hybridized carbons (Fsp3) is 0.312. The standard InChI is InChI=1S/C16H17ClN6O2S2/c1-9-6-11(17)4-5-12(9)25-10(2)14-20-22-16(23(14)3)26-7-13(24)19-15-21-18-8-27-15/h4-6,8,10H,7H2,1-3H3,(H,19,21,24). The molecule has 0 aliphatic rings. The van der Waals surface area contributed by atoms with Crippen molar-refractivity contribution in [1.29, 1.82) is 0 Å². The average Bonchev–Trinajstić information content (AvgIpc) is 3.25. The molecule has 0 spiro atoms. The molecule has 3 rings (SSSR count). The van der Waals surface area contributed by atoms with Crippen LogP contribution in [-0.2, 0) is 11.8 Å². The van der Waals surface area contributed by atoms with Gasteiger partial charge in [0.05, 0.1) is 5.75 Å². The summed E-state index contributed by atoms with van der Waals surface area (Å²) < 4.78 is 7.81. The molecule has 1 amide bonds. The molecule has 0 aliphatic carbocycles. The van der Waals surface area contributed by atoms with Crippen molar-refractivity contribution in [2.75, 3.05) is 11.1 Å². The highest BCUT2D eigenvalue weighted by molar-refractivity contribution is 7.99. The molecular formula is C16H17ClN6O2S2. The summed E-state index contributed by atoms with van der Waals surface area (Å²) in [7, 11) is 1.84. The topological polar surface area (TPSA) is 94.8 Å². The lowest BCUT2D eigenvalue weighted by atomic mass is 10.2. The van der Waals surface area contributed by atoms with Crippen LogP contribution in [0.1, 0.15) is 24.4 Å². The van der Waals surface area contributed by atoms with E-state index in [1.807, 2.05) is 37.6 Å². The van der Waals surface area contributed by atoms with Crippen molar-refractivity contribution in [2.24, 2.45) is 7.05 Å². The largest absolute Gasteiger partial charge is 0.482 e. The first-order valence-corrected chi connectivity index (χ1v) is 10.2. The molecule has 0 saturated carbocycles. The molecule has 0 radical (unpaired) electrons. The highest BCUT2D eigenvalue weighted by Gasteiger charge is 2.19. The maximum Gasteiger partial charge on any atom is 0.236 e. The van der Waals surface area contributed by atoms with Crippen LogP contribution < -0.4 is 10.1 Å². The van der Waals surface area contributed by atoms with E-state index in [2.05, 4.69) is 25.7 Å². The molecule has 0 aliphatic heterocycles. The quantitative estimate of drug-likeness (QED) is 0.580. The third-order valence-electron chi connectivity index (χ3n) is 3.61. The van der Waals surface area contributed by atoms with E-state index in [0.717, 1.165) is 11.3 Å². The summed E-state index contributed by atoms with van der Waals surface area (Å²) in [6.45, 7) is 3.83. The third kappa shape index (κ3) is 4.96. The number of benzene rings is 1. The summed E-state index contributed by atoms with van der Waals surface area (Å²) >= 11 is 8.53. The Morgan fingerprint density at radius 3 is 2.93 bits per heavy atom. The van der Waals surface area contributed by atoms with Gasteiger partial charge in [0.1, 0.15) is 11.3 Å². The highest BCUT2D eigenvalue weighted by Crippen LogP contribution is 2.27. The Balaban J connectivity index is 1.61. The molecule has 1 atom stereocenters. The number of halogens is 1. The molecule has 1 N–H and O–H groups in total. The van der Waals surface area contributed by atoms with E-state index >= 15 is 0 Å². The molecule has 1 unspecified atom stereocenters. The number of rotatable bonds is 7. The minimum atomic E-state index is -0.313. The normalized spacial score (nSPS) is 12.0. The predicted octanol–water partition coefficient (Wildman–Crippen LogP) is 3.50. The van der Waals surface area contributed by atoms with Crippen LogP contribution in [0, 0.1) is 6.92 Å². The number of amides is 1. The average molecular weight is 425 g/mol. The smallest absolute Gasteiger partial charge is 0.236 e. The first-order chi connectivity index (χ1) is 12.9. The lowest BCUT2D eigenvalue weighted by molar-refractivity contribution is -0.113. The molecule has 142 valence electrons. The Morgan fingerprint density at radius 2 is 2.22 bits per heavy atom. The van der Waals surface area contributed by atoms with E-state index in [9.17, 15) is 4.79 Å². The highest BCUT2D eigenvalue weighted by atomic mass is 35.5. The number of hydrogen-bond donors (Lipinski definition) is 1. The molecule has 2 heterocycles. The predicted molar refractivity (Wildman–Crippen MR) is 105 cm³/mol. The zero-order chi connectivity index (χ0) is 19.4. The first kappa shape index (κ1) is 19.6. The fourth-order valence-electron chi connectivity index (χ4n) is 2.31. The Bertz CT molecular complexity index is 931. The molecule has 8 nitrogen and oxygen atoms in total. The van der Waals surface area contributed by atoms with Crippen LogP contribution in [0.5, 0.6) is 5.75 Å². The van der Waals surface area contributed by atoms with Crippen LogP contribution in [0.2, 0.25) is 5.02 Å². The molecular weight excluding hydrogens is 408 g/mol. The molecule has 0 saturated heterocycles. The van der Waals surface area contributed by atoms with Crippen molar-refractivity contribution < 1.29 is 9.53 Å². The number of hydrogen-bond acceptors (Lipinski definition) is 8. The van der Waals surface area contributed by atoms with Crippen molar-refractivity contribution in [2.45, 2.75) is 25.1 Å². The fourth-order valence-corrected chi connectivity index (χ4v) is 3.71. The van der Waals surface area contributed by atoms with Gasteiger partial charge in [0, 0.05) is 12.1 Å². The molecule has 0 fully saturated rings. The van der Waals surface area contributed by atoms with E-state index in [0.29, 0.717) is 21.1 Å². The van der Waals surface area contributed by atoms with Crippen LogP contribution in [0.25, 0.3) is 0 Å². The Hall–Kier alpha value is -2.17. The lowest BCUT2D eigenvalue weighted by Gasteiger charge is -2.16. The number of nitrogens with zero attached hydrogens (tertiary/aromatic N) is 5. The maximum absolute atomic E-state index is 12.0. The molecule has 11 heteroatoms. The van der Waals surface area contributed by atoms with Crippen LogP contribution in [0.15, 0.2) is 28.9 Å². The Kier molecular flexibility index (Phi) is 6.30. The van der Waals surface area contributed by atoms with Crippen molar-refractivity contribution in [3.05, 3.63) is 40.1 Å². The molecule has 3 aromatic rings. The number of carbonyl (C=O) groups is 1. The summed E-state index contributed by atoms with van der Waals surface area (Å²) in [6, 6.07) is 5.46. The number of aromatic nitrogens is 5. The second-order valence-electron chi connectivity index (χ2n) is 5.65. The van der Waals surface area contributed by atoms with Crippen molar-refractivity contribution in [1.82, 2.24) is 25.0 Å². The van der Waals surface area contributed by atoms with E-state index in [4.69, 9.17) is 16.3 Å². The summed E-state index contributed by atoms with van der Waals surface area (Å²) in [5, 5.41) is 20.2. The molecule has 1 aromatic carbocycles. The van der Waals surface area contributed by atoms with Crippen molar-refractivity contribution in [3.63, 3.8) is 0 Å².